The summed E-state index contributed by atoms with van der Waals surface area (Å²) in [5, 5.41) is 4.81. The van der Waals surface area contributed by atoms with Crippen LogP contribution < -0.4 is 10.9 Å². The Hall–Kier alpha value is -2.80. The Kier molecular flexibility index (Phi) is 7.70. The molecule has 0 saturated carbocycles. The molecule has 8 heteroatoms. The van der Waals surface area contributed by atoms with E-state index in [2.05, 4.69) is 5.32 Å². The second-order valence-electron chi connectivity index (χ2n) is 7.36. The van der Waals surface area contributed by atoms with Crippen LogP contribution in [0.2, 0.25) is 10.0 Å². The first-order valence-corrected chi connectivity index (χ1v) is 12.2. The fourth-order valence-electron chi connectivity index (χ4n) is 3.37. The van der Waals surface area contributed by atoms with Gasteiger partial charge < -0.3 is 5.32 Å². The fraction of sp³-hybridized carbons (Fsp3) is 0.160. The Morgan fingerprint density at radius 1 is 1.00 bits per heavy atom. The molecule has 168 valence electrons. The van der Waals surface area contributed by atoms with Crippen molar-refractivity contribution in [2.24, 2.45) is 0 Å². The van der Waals surface area contributed by atoms with Gasteiger partial charge in [-0.25, -0.2) is 4.98 Å². The van der Waals surface area contributed by atoms with Crippen LogP contribution >= 0.6 is 35.0 Å². The van der Waals surface area contributed by atoms with Crippen molar-refractivity contribution in [3.8, 4) is 5.69 Å². The molecule has 0 aliphatic rings. The van der Waals surface area contributed by atoms with E-state index in [1.165, 1.54) is 16.3 Å². The maximum absolute atomic E-state index is 13.3. The highest BCUT2D eigenvalue weighted by atomic mass is 35.5. The highest BCUT2D eigenvalue weighted by Crippen LogP contribution is 2.28. The monoisotopic (exact) mass is 497 g/mol. The van der Waals surface area contributed by atoms with E-state index < -0.39 is 0 Å². The highest BCUT2D eigenvalue weighted by Gasteiger charge is 2.16. The number of amides is 1. The predicted octanol–water partition coefficient (Wildman–Crippen LogP) is 5.88. The van der Waals surface area contributed by atoms with Crippen LogP contribution in [0.4, 0.5) is 0 Å². The lowest BCUT2D eigenvalue weighted by atomic mass is 10.2. The van der Waals surface area contributed by atoms with Crippen LogP contribution in [-0.4, -0.2) is 21.2 Å². The van der Waals surface area contributed by atoms with Crippen LogP contribution in [0.15, 0.2) is 82.7 Å². The molecule has 0 saturated heterocycles. The average Bonchev–Trinajstić information content (AvgIpc) is 2.82. The zero-order valence-electron chi connectivity index (χ0n) is 17.6. The molecular weight excluding hydrogens is 477 g/mol. The summed E-state index contributed by atoms with van der Waals surface area (Å²) in [5.41, 5.74) is 2.00. The van der Waals surface area contributed by atoms with E-state index in [9.17, 15) is 9.59 Å². The van der Waals surface area contributed by atoms with Crippen molar-refractivity contribution in [3.63, 3.8) is 0 Å². The van der Waals surface area contributed by atoms with Gasteiger partial charge in [0.05, 0.1) is 21.6 Å². The summed E-state index contributed by atoms with van der Waals surface area (Å²) in [6, 6.07) is 22.0. The van der Waals surface area contributed by atoms with E-state index in [0.29, 0.717) is 56.9 Å². The van der Waals surface area contributed by atoms with Crippen LogP contribution in [0.5, 0.6) is 0 Å². The van der Waals surface area contributed by atoms with E-state index in [1.807, 2.05) is 42.5 Å². The van der Waals surface area contributed by atoms with Crippen LogP contribution in [0.3, 0.4) is 0 Å². The van der Waals surface area contributed by atoms with Gasteiger partial charge in [0.25, 0.3) is 5.56 Å². The molecule has 0 aliphatic heterocycles. The van der Waals surface area contributed by atoms with Crippen molar-refractivity contribution >= 4 is 51.8 Å². The molecule has 0 radical (unpaired) electrons. The first-order chi connectivity index (χ1) is 16.0. The number of benzene rings is 3. The lowest BCUT2D eigenvalue weighted by Crippen LogP contribution is -2.23. The third-order valence-corrected chi connectivity index (χ3v) is 6.57. The second-order valence-corrected chi connectivity index (χ2v) is 9.27. The molecule has 0 atom stereocenters. The summed E-state index contributed by atoms with van der Waals surface area (Å²) in [4.78, 5) is 30.2. The maximum Gasteiger partial charge on any atom is 0.266 e. The zero-order chi connectivity index (χ0) is 23.2. The van der Waals surface area contributed by atoms with Gasteiger partial charge in [0, 0.05) is 23.7 Å². The van der Waals surface area contributed by atoms with Crippen LogP contribution in [0.1, 0.15) is 18.4 Å². The third kappa shape index (κ3) is 5.77. The van der Waals surface area contributed by atoms with Crippen LogP contribution in [0, 0.1) is 0 Å². The molecule has 4 aromatic rings. The van der Waals surface area contributed by atoms with E-state index in [4.69, 9.17) is 28.2 Å². The molecule has 0 spiro atoms. The van der Waals surface area contributed by atoms with Gasteiger partial charge in [0.2, 0.25) is 5.91 Å². The minimum absolute atomic E-state index is 0.0101. The van der Waals surface area contributed by atoms with Gasteiger partial charge in [-0.1, -0.05) is 77.4 Å². The number of para-hydroxylation sites is 1. The Bertz CT molecular complexity index is 1340. The number of rotatable bonds is 8. The maximum atomic E-state index is 13.3. The summed E-state index contributed by atoms with van der Waals surface area (Å²) in [6.07, 6.45) is 1.03. The minimum Gasteiger partial charge on any atom is -0.352 e. The number of thioether (sulfide) groups is 1. The van der Waals surface area contributed by atoms with Gasteiger partial charge in [-0.2, -0.15) is 0 Å². The van der Waals surface area contributed by atoms with Crippen molar-refractivity contribution < 1.29 is 4.79 Å². The third-order valence-electron chi connectivity index (χ3n) is 5.01. The van der Waals surface area contributed by atoms with E-state index in [1.54, 1.807) is 30.3 Å². The average molecular weight is 498 g/mol. The Morgan fingerprint density at radius 2 is 1.76 bits per heavy atom. The molecule has 3 aromatic carbocycles. The number of aromatic nitrogens is 2. The molecular formula is C25H21Cl2N3O2S. The van der Waals surface area contributed by atoms with Gasteiger partial charge in [-0.15, -0.1) is 0 Å². The molecule has 1 N–H and O–H groups in total. The van der Waals surface area contributed by atoms with Gasteiger partial charge in [0.15, 0.2) is 5.16 Å². The summed E-state index contributed by atoms with van der Waals surface area (Å²) in [5.74, 6) is 0.610. The smallest absolute Gasteiger partial charge is 0.266 e. The Labute approximate surface area is 205 Å². The van der Waals surface area contributed by atoms with Gasteiger partial charge in [-0.05, 0) is 42.3 Å². The SMILES string of the molecule is O=C(CCCSc1nc2ccccc2c(=O)n1-c1ccc(Cl)cc1Cl)NCc1ccccc1. The van der Waals surface area contributed by atoms with Crippen molar-refractivity contribution in [2.75, 3.05) is 5.75 Å². The van der Waals surface area contributed by atoms with Gasteiger partial charge in [0.1, 0.15) is 0 Å². The second kappa shape index (κ2) is 10.9. The summed E-state index contributed by atoms with van der Waals surface area (Å²) in [6.45, 7) is 0.508. The highest BCUT2D eigenvalue weighted by molar-refractivity contribution is 7.99. The van der Waals surface area contributed by atoms with Gasteiger partial charge in [-0.3, -0.25) is 14.2 Å². The number of nitrogens with zero attached hydrogens (tertiary/aromatic N) is 2. The number of halogens is 2. The molecule has 33 heavy (non-hydrogen) atoms. The Balaban J connectivity index is 1.49. The Morgan fingerprint density at radius 3 is 2.55 bits per heavy atom. The number of carbonyl (C=O) groups is 1. The normalized spacial score (nSPS) is 11.0. The van der Waals surface area contributed by atoms with E-state index in [-0.39, 0.29) is 11.5 Å². The largest absolute Gasteiger partial charge is 0.352 e. The molecule has 1 aromatic heterocycles. The van der Waals surface area contributed by atoms with E-state index >= 15 is 0 Å². The summed E-state index contributed by atoms with van der Waals surface area (Å²) in [7, 11) is 0. The van der Waals surface area contributed by atoms with Crippen LogP contribution in [0.25, 0.3) is 16.6 Å². The quantitative estimate of drug-likeness (QED) is 0.187. The minimum atomic E-state index is -0.201. The summed E-state index contributed by atoms with van der Waals surface area (Å²) < 4.78 is 1.52. The lowest BCUT2D eigenvalue weighted by Gasteiger charge is -2.14. The van der Waals surface area contributed by atoms with Crippen molar-refractivity contribution in [3.05, 3.63) is 98.8 Å². The summed E-state index contributed by atoms with van der Waals surface area (Å²) >= 11 is 13.9. The number of nitrogens with one attached hydrogen (secondary N) is 1. The molecule has 0 bridgehead atoms. The van der Waals surface area contributed by atoms with Crippen LogP contribution in [-0.2, 0) is 11.3 Å². The molecule has 1 heterocycles. The standard InChI is InChI=1S/C25H21Cl2N3O2S/c26-18-12-13-22(20(27)15-18)30-24(32)19-9-4-5-10-21(19)29-25(30)33-14-6-11-23(31)28-16-17-7-2-1-3-8-17/h1-5,7-10,12-13,15H,6,11,14,16H2,(H,28,31). The molecule has 0 unspecified atom stereocenters. The zero-order valence-corrected chi connectivity index (χ0v) is 20.0. The molecule has 0 fully saturated rings. The van der Waals surface area contributed by atoms with Crippen molar-refractivity contribution in [1.82, 2.24) is 14.9 Å². The topological polar surface area (TPSA) is 64.0 Å². The lowest BCUT2D eigenvalue weighted by molar-refractivity contribution is -0.121. The first kappa shape index (κ1) is 23.4. The van der Waals surface area contributed by atoms with E-state index in [0.717, 1.165) is 5.56 Å². The number of hydrogen-bond donors (Lipinski definition) is 1. The first-order valence-electron chi connectivity index (χ1n) is 10.4. The molecule has 1 amide bonds. The van der Waals surface area contributed by atoms with Gasteiger partial charge >= 0.3 is 0 Å². The molecule has 5 nitrogen and oxygen atoms in total. The number of carbonyl (C=O) groups excluding carboxylic acids is 1. The van der Waals surface area contributed by atoms with Crippen molar-refractivity contribution in [2.45, 2.75) is 24.5 Å². The fourth-order valence-corrected chi connectivity index (χ4v) is 4.80. The number of hydrogen-bond acceptors (Lipinski definition) is 4. The number of fused-ring (bicyclic) bond motifs is 1. The molecule has 0 aliphatic carbocycles. The predicted molar refractivity (Wildman–Crippen MR) is 136 cm³/mol. The van der Waals surface area contributed by atoms with Crippen molar-refractivity contribution in [1.29, 1.82) is 0 Å². The molecule has 4 rings (SSSR count).